The van der Waals surface area contributed by atoms with Gasteiger partial charge in [-0.15, -0.1) is 0 Å². The number of oxazole rings is 1. The molecule has 1 fully saturated rings. The Morgan fingerprint density at radius 3 is 2.61 bits per heavy atom. The minimum atomic E-state index is -0.128. The van der Waals surface area contributed by atoms with E-state index >= 15 is 0 Å². The zero-order valence-corrected chi connectivity index (χ0v) is 17.7. The van der Waals surface area contributed by atoms with Crippen LogP contribution < -0.4 is 10.6 Å². The number of anilines is 1. The molecule has 6 heteroatoms. The average Bonchev–Trinajstić information content (AvgIpc) is 3.44. The van der Waals surface area contributed by atoms with Crippen LogP contribution >= 0.6 is 0 Å². The van der Waals surface area contributed by atoms with Gasteiger partial charge in [-0.1, -0.05) is 43.2 Å². The Hall–Kier alpha value is -3.41. The number of nitrogens with zero attached hydrogens (tertiary/aromatic N) is 1. The molecule has 160 valence electrons. The van der Waals surface area contributed by atoms with Crippen molar-refractivity contribution >= 4 is 17.5 Å². The SMILES string of the molecule is Cc1oc(-c2ccccc2)nc1CC(=O)NCc1cccc(NC(=O)C2CCCC2)c1. The first kappa shape index (κ1) is 20.8. The number of hydrogen-bond acceptors (Lipinski definition) is 4. The van der Waals surface area contributed by atoms with Crippen LogP contribution in [-0.2, 0) is 22.6 Å². The summed E-state index contributed by atoms with van der Waals surface area (Å²) in [5.41, 5.74) is 3.21. The number of carbonyl (C=O) groups excluding carboxylic acids is 2. The molecule has 1 heterocycles. The van der Waals surface area contributed by atoms with Crippen molar-refractivity contribution in [3.8, 4) is 11.5 Å². The number of aryl methyl sites for hydroxylation is 1. The van der Waals surface area contributed by atoms with Crippen LogP contribution in [0.4, 0.5) is 5.69 Å². The highest BCUT2D eigenvalue weighted by atomic mass is 16.4. The molecule has 0 bridgehead atoms. The van der Waals surface area contributed by atoms with Crippen molar-refractivity contribution in [3.05, 3.63) is 71.6 Å². The summed E-state index contributed by atoms with van der Waals surface area (Å²) in [4.78, 5) is 29.3. The first-order chi connectivity index (χ1) is 15.1. The van der Waals surface area contributed by atoms with Crippen molar-refractivity contribution in [2.75, 3.05) is 5.32 Å². The van der Waals surface area contributed by atoms with Crippen molar-refractivity contribution in [3.63, 3.8) is 0 Å². The zero-order chi connectivity index (χ0) is 21.6. The fourth-order valence-corrected chi connectivity index (χ4v) is 3.90. The highest BCUT2D eigenvalue weighted by Gasteiger charge is 2.22. The van der Waals surface area contributed by atoms with Gasteiger partial charge in [-0.3, -0.25) is 9.59 Å². The molecule has 3 aromatic rings. The molecule has 2 N–H and O–H groups in total. The lowest BCUT2D eigenvalue weighted by Crippen LogP contribution is -2.25. The van der Waals surface area contributed by atoms with Gasteiger partial charge in [-0.25, -0.2) is 4.98 Å². The largest absolute Gasteiger partial charge is 0.441 e. The maximum Gasteiger partial charge on any atom is 0.227 e. The maximum atomic E-state index is 12.5. The highest BCUT2D eigenvalue weighted by molar-refractivity contribution is 5.92. The molecular weight excluding hydrogens is 390 g/mol. The normalized spacial score (nSPS) is 13.8. The number of amides is 2. The van der Waals surface area contributed by atoms with Crippen LogP contribution in [0.25, 0.3) is 11.5 Å². The van der Waals surface area contributed by atoms with E-state index in [0.717, 1.165) is 42.5 Å². The Morgan fingerprint density at radius 1 is 1.06 bits per heavy atom. The predicted octanol–water partition coefficient (Wildman–Crippen LogP) is 4.64. The third-order valence-electron chi connectivity index (χ3n) is 5.65. The monoisotopic (exact) mass is 417 g/mol. The smallest absolute Gasteiger partial charge is 0.227 e. The molecule has 0 atom stereocenters. The van der Waals surface area contributed by atoms with Gasteiger partial charge in [0.15, 0.2) is 0 Å². The molecule has 0 unspecified atom stereocenters. The fourth-order valence-electron chi connectivity index (χ4n) is 3.90. The van der Waals surface area contributed by atoms with Gasteiger partial charge >= 0.3 is 0 Å². The number of hydrogen-bond donors (Lipinski definition) is 2. The second-order valence-electron chi connectivity index (χ2n) is 8.01. The van der Waals surface area contributed by atoms with E-state index in [4.69, 9.17) is 4.42 Å². The maximum absolute atomic E-state index is 12.5. The van der Waals surface area contributed by atoms with Crippen LogP contribution in [0.5, 0.6) is 0 Å². The molecule has 6 nitrogen and oxygen atoms in total. The molecule has 1 aliphatic rings. The minimum Gasteiger partial charge on any atom is -0.441 e. The topological polar surface area (TPSA) is 84.2 Å². The van der Waals surface area contributed by atoms with Gasteiger partial charge in [-0.2, -0.15) is 0 Å². The van der Waals surface area contributed by atoms with E-state index < -0.39 is 0 Å². The lowest BCUT2D eigenvalue weighted by atomic mass is 10.1. The fraction of sp³-hybridized carbons (Fsp3) is 0.320. The standard InChI is InChI=1S/C25H27N3O3/c1-17-22(28-25(31-17)20-11-3-2-4-12-20)15-23(29)26-16-18-8-7-13-21(14-18)27-24(30)19-9-5-6-10-19/h2-4,7-8,11-14,19H,5-6,9-10,15-16H2,1H3,(H,26,29)(H,27,30). The van der Waals surface area contributed by atoms with Crippen LogP contribution in [0.1, 0.15) is 42.7 Å². The van der Waals surface area contributed by atoms with Gasteiger partial charge in [0.1, 0.15) is 5.76 Å². The lowest BCUT2D eigenvalue weighted by molar-refractivity contribution is -0.121. The van der Waals surface area contributed by atoms with Gasteiger partial charge in [-0.05, 0) is 49.6 Å². The Bertz CT molecular complexity index is 1050. The lowest BCUT2D eigenvalue weighted by Gasteiger charge is -2.11. The van der Waals surface area contributed by atoms with Crippen LogP contribution in [0.2, 0.25) is 0 Å². The van der Waals surface area contributed by atoms with Gasteiger partial charge < -0.3 is 15.1 Å². The summed E-state index contributed by atoms with van der Waals surface area (Å²) >= 11 is 0. The van der Waals surface area contributed by atoms with E-state index in [-0.39, 0.29) is 24.2 Å². The summed E-state index contributed by atoms with van der Waals surface area (Å²) < 4.78 is 5.73. The number of aromatic nitrogens is 1. The number of rotatable bonds is 7. The summed E-state index contributed by atoms with van der Waals surface area (Å²) in [6.07, 6.45) is 4.34. The number of nitrogens with one attached hydrogen (secondary N) is 2. The molecule has 1 aromatic heterocycles. The average molecular weight is 418 g/mol. The van der Waals surface area contributed by atoms with E-state index in [2.05, 4.69) is 15.6 Å². The summed E-state index contributed by atoms with van der Waals surface area (Å²) in [6.45, 7) is 2.20. The molecular formula is C25H27N3O3. The van der Waals surface area contributed by atoms with Crippen LogP contribution in [0.15, 0.2) is 59.0 Å². The number of carbonyl (C=O) groups is 2. The Balaban J connectivity index is 1.32. The Labute approximate surface area is 182 Å². The van der Waals surface area contributed by atoms with Crippen molar-refractivity contribution in [2.24, 2.45) is 5.92 Å². The van der Waals surface area contributed by atoms with Crippen LogP contribution in [0.3, 0.4) is 0 Å². The second kappa shape index (κ2) is 9.60. The molecule has 0 radical (unpaired) electrons. The van der Waals surface area contributed by atoms with Gasteiger partial charge in [0, 0.05) is 23.7 Å². The molecule has 31 heavy (non-hydrogen) atoms. The molecule has 1 saturated carbocycles. The summed E-state index contributed by atoms with van der Waals surface area (Å²) in [5, 5.41) is 5.93. The first-order valence-corrected chi connectivity index (χ1v) is 10.8. The molecule has 0 spiro atoms. The number of benzene rings is 2. The molecule has 0 saturated heterocycles. The molecule has 0 aliphatic heterocycles. The van der Waals surface area contributed by atoms with Crippen molar-refractivity contribution in [2.45, 2.75) is 45.6 Å². The van der Waals surface area contributed by atoms with E-state index in [0.29, 0.717) is 23.9 Å². The van der Waals surface area contributed by atoms with Crippen LogP contribution in [0, 0.1) is 12.8 Å². The van der Waals surface area contributed by atoms with Gasteiger partial charge in [0.2, 0.25) is 17.7 Å². The van der Waals surface area contributed by atoms with Crippen molar-refractivity contribution < 1.29 is 14.0 Å². The van der Waals surface area contributed by atoms with E-state index in [9.17, 15) is 9.59 Å². The van der Waals surface area contributed by atoms with Gasteiger partial charge in [0.25, 0.3) is 0 Å². The minimum absolute atomic E-state index is 0.0920. The molecule has 4 rings (SSSR count). The molecule has 1 aliphatic carbocycles. The van der Waals surface area contributed by atoms with E-state index in [1.54, 1.807) is 0 Å². The van der Waals surface area contributed by atoms with Crippen molar-refractivity contribution in [1.82, 2.24) is 10.3 Å². The predicted molar refractivity (Wildman–Crippen MR) is 119 cm³/mol. The summed E-state index contributed by atoms with van der Waals surface area (Å²) in [7, 11) is 0. The third kappa shape index (κ3) is 5.40. The molecule has 2 amide bonds. The quantitative estimate of drug-likeness (QED) is 0.587. The zero-order valence-electron chi connectivity index (χ0n) is 17.7. The summed E-state index contributed by atoms with van der Waals surface area (Å²) in [6, 6.07) is 17.2. The van der Waals surface area contributed by atoms with E-state index in [1.165, 1.54) is 0 Å². The van der Waals surface area contributed by atoms with E-state index in [1.807, 2.05) is 61.5 Å². The summed E-state index contributed by atoms with van der Waals surface area (Å²) in [5.74, 6) is 1.25. The first-order valence-electron chi connectivity index (χ1n) is 10.8. The van der Waals surface area contributed by atoms with Gasteiger partial charge in [0.05, 0.1) is 12.1 Å². The van der Waals surface area contributed by atoms with Crippen LogP contribution in [-0.4, -0.2) is 16.8 Å². The second-order valence-corrected chi connectivity index (χ2v) is 8.01. The highest BCUT2D eigenvalue weighted by Crippen LogP contribution is 2.26. The Morgan fingerprint density at radius 2 is 1.84 bits per heavy atom. The third-order valence-corrected chi connectivity index (χ3v) is 5.65. The molecule has 2 aromatic carbocycles. The van der Waals surface area contributed by atoms with Crippen molar-refractivity contribution in [1.29, 1.82) is 0 Å². The Kier molecular flexibility index (Phi) is 6.46.